The van der Waals surface area contributed by atoms with Crippen LogP contribution in [0.25, 0.3) is 0 Å². The summed E-state index contributed by atoms with van der Waals surface area (Å²) in [5, 5.41) is 31.7. The van der Waals surface area contributed by atoms with Crippen molar-refractivity contribution in [3.8, 4) is 0 Å². The number of carbonyl (C=O) groups excluding carboxylic acids is 5. The molecule has 13 N–H and O–H groups in total. The molecule has 0 saturated carbocycles. The smallest absolute Gasteiger partial charge is 0.403 e. The van der Waals surface area contributed by atoms with Crippen LogP contribution in [0.2, 0.25) is 0 Å². The van der Waals surface area contributed by atoms with Gasteiger partial charge in [-0.1, -0.05) is 20.3 Å². The first-order valence-corrected chi connectivity index (χ1v) is 16.6. The van der Waals surface area contributed by atoms with Crippen molar-refractivity contribution >= 4 is 55.2 Å². The monoisotopic (exact) mass is 709 g/mol. The Morgan fingerprint density at radius 1 is 0.812 bits per heavy atom. The molecule has 0 fully saturated rings. The van der Waals surface area contributed by atoms with Crippen LogP contribution in [0.4, 0.5) is 0 Å². The molecule has 274 valence electrons. The molecule has 0 spiro atoms. The number of carboxylic acids is 2. The summed E-state index contributed by atoms with van der Waals surface area (Å²) in [6.45, 7) is 4.70. The Bertz CT molecular complexity index is 1210. The molecule has 6 atom stereocenters. The number of nitrogens with one attached hydrogen (secondary N) is 6. The molecule has 0 aromatic rings. The number of carbonyl (C=O) groups is 7. The van der Waals surface area contributed by atoms with Gasteiger partial charge in [-0.05, 0) is 39.0 Å². The summed E-state index contributed by atoms with van der Waals surface area (Å²) in [6, 6.07) is -5.22. The van der Waals surface area contributed by atoms with Crippen molar-refractivity contribution in [1.29, 1.82) is 0 Å². The summed E-state index contributed by atoms with van der Waals surface area (Å²) in [7, 11) is -4.32. The lowest BCUT2D eigenvalue weighted by atomic mass is 9.99. The average Bonchev–Trinajstić information content (AvgIpc) is 2.99. The lowest BCUT2D eigenvalue weighted by Crippen LogP contribution is -2.56. The molecule has 48 heavy (non-hydrogen) atoms. The number of rotatable bonds is 24. The van der Waals surface area contributed by atoms with Gasteiger partial charge in [0.15, 0.2) is 5.96 Å². The largest absolute Gasteiger partial charge is 0.481 e. The predicted octanol–water partition coefficient (Wildman–Crippen LogP) is -3.16. The topological polar surface area (TPSA) is 343 Å². The second kappa shape index (κ2) is 22.3. The number of aliphatic imine (C=N–C) groups is 1. The van der Waals surface area contributed by atoms with Crippen molar-refractivity contribution in [3.63, 3.8) is 0 Å². The lowest BCUT2D eigenvalue weighted by Gasteiger charge is -2.26. The van der Waals surface area contributed by atoms with Crippen LogP contribution >= 0.6 is 7.75 Å². The van der Waals surface area contributed by atoms with Gasteiger partial charge in [-0.3, -0.25) is 43.1 Å². The molecule has 0 heterocycles. The Morgan fingerprint density at radius 2 is 1.42 bits per heavy atom. The molecular formula is C26H48N9O12P. The molecule has 5 amide bonds. The van der Waals surface area contributed by atoms with Gasteiger partial charge in [-0.25, -0.2) is 9.65 Å². The maximum absolute atomic E-state index is 13.1. The van der Waals surface area contributed by atoms with Crippen molar-refractivity contribution in [2.75, 3.05) is 26.2 Å². The van der Waals surface area contributed by atoms with Crippen molar-refractivity contribution in [1.82, 2.24) is 31.7 Å². The van der Waals surface area contributed by atoms with Gasteiger partial charge in [0, 0.05) is 13.0 Å². The van der Waals surface area contributed by atoms with E-state index < -0.39 is 105 Å². The fraction of sp³-hybridized carbons (Fsp3) is 0.692. The average molecular weight is 710 g/mol. The first-order valence-electron chi connectivity index (χ1n) is 15.0. The van der Waals surface area contributed by atoms with E-state index in [2.05, 4.69) is 36.7 Å². The van der Waals surface area contributed by atoms with E-state index in [-0.39, 0.29) is 32.0 Å². The van der Waals surface area contributed by atoms with E-state index in [1.165, 1.54) is 13.8 Å². The van der Waals surface area contributed by atoms with Gasteiger partial charge < -0.3 is 53.2 Å². The minimum atomic E-state index is -4.32. The zero-order chi connectivity index (χ0) is 37.0. The number of guanidine groups is 1. The Balaban J connectivity index is 5.50. The SMILES string of the molecule is CCOP(=O)(O)N[C@H](C(=O)N[C@@H](C)C(=O)NCC(=O)N[C@@H](CCC(=O)O)C(=O)N[C@@H](CCCN=C(N)N)C(=O)NCC(=O)O)[C@@H](C)CC. The highest BCUT2D eigenvalue weighted by molar-refractivity contribution is 7.50. The van der Waals surface area contributed by atoms with Gasteiger partial charge in [0.2, 0.25) is 29.5 Å². The second-order valence-electron chi connectivity index (χ2n) is 10.6. The molecule has 0 saturated heterocycles. The van der Waals surface area contributed by atoms with E-state index in [4.69, 9.17) is 26.2 Å². The van der Waals surface area contributed by atoms with Crippen LogP contribution in [0.15, 0.2) is 4.99 Å². The van der Waals surface area contributed by atoms with Crippen LogP contribution < -0.4 is 43.1 Å². The Kier molecular flexibility index (Phi) is 20.3. The molecule has 0 rings (SSSR count). The molecule has 0 radical (unpaired) electrons. The number of hydrogen-bond acceptors (Lipinski definition) is 10. The maximum Gasteiger partial charge on any atom is 0.403 e. The van der Waals surface area contributed by atoms with Crippen molar-refractivity contribution in [2.45, 2.75) is 84.0 Å². The summed E-state index contributed by atoms with van der Waals surface area (Å²) >= 11 is 0. The lowest BCUT2D eigenvalue weighted by molar-refractivity contribution is -0.138. The fourth-order valence-corrected chi connectivity index (χ4v) is 5.02. The van der Waals surface area contributed by atoms with Gasteiger partial charge in [-0.15, -0.1) is 0 Å². The zero-order valence-corrected chi connectivity index (χ0v) is 28.2. The van der Waals surface area contributed by atoms with Crippen molar-refractivity contribution in [3.05, 3.63) is 0 Å². The highest BCUT2D eigenvalue weighted by Gasteiger charge is 2.33. The summed E-state index contributed by atoms with van der Waals surface area (Å²) in [6.07, 6.45) is -0.423. The maximum atomic E-state index is 13.1. The van der Waals surface area contributed by atoms with Gasteiger partial charge in [-0.2, -0.15) is 0 Å². The standard InChI is InChI=1S/C26H48N9O12P/c1-5-14(3)21(35-48(45,46)47-6-2)25(44)32-15(4)22(41)30-12-18(36)33-17(9-10-19(37)38)24(43)34-16(8-7-11-29-26(27)28)23(42)31-13-20(39)40/h14-17,21H,5-13H2,1-4H3,(H,30,41)(H,31,42)(H,32,44)(H,33,36)(H,34,43)(H,37,38)(H,39,40)(H4,27,28,29)(H2,35,45,46)/t14-,15-,16-,17-,21-/m0/s1. The summed E-state index contributed by atoms with van der Waals surface area (Å²) in [4.78, 5) is 99.6. The van der Waals surface area contributed by atoms with Gasteiger partial charge in [0.05, 0.1) is 19.2 Å². The number of carboxylic acid groups (broad SMARTS) is 2. The Labute approximate surface area is 277 Å². The second-order valence-corrected chi connectivity index (χ2v) is 12.1. The number of amides is 5. The minimum absolute atomic E-state index is 0.0534. The molecular weight excluding hydrogens is 661 g/mol. The third-order valence-electron chi connectivity index (χ3n) is 6.57. The van der Waals surface area contributed by atoms with Gasteiger partial charge >= 0.3 is 19.7 Å². The molecule has 0 aromatic heterocycles. The third kappa shape index (κ3) is 18.7. The number of aliphatic carboxylic acids is 2. The highest BCUT2D eigenvalue weighted by atomic mass is 31.2. The van der Waals surface area contributed by atoms with Crippen molar-refractivity contribution in [2.24, 2.45) is 22.4 Å². The first kappa shape index (κ1) is 43.7. The molecule has 21 nitrogen and oxygen atoms in total. The molecule has 0 aliphatic carbocycles. The van der Waals surface area contributed by atoms with E-state index in [0.29, 0.717) is 6.42 Å². The zero-order valence-electron chi connectivity index (χ0n) is 27.3. The van der Waals surface area contributed by atoms with Crippen LogP contribution in [0.1, 0.15) is 59.8 Å². The van der Waals surface area contributed by atoms with E-state index in [0.717, 1.165) is 0 Å². The number of nitrogens with zero attached hydrogens (tertiary/aromatic N) is 1. The van der Waals surface area contributed by atoms with Crippen molar-refractivity contribution < 1.29 is 57.8 Å². The van der Waals surface area contributed by atoms with Gasteiger partial charge in [0.25, 0.3) is 0 Å². The molecule has 0 aromatic carbocycles. The molecule has 0 aliphatic heterocycles. The summed E-state index contributed by atoms with van der Waals surface area (Å²) in [5.41, 5.74) is 10.5. The normalized spacial score (nSPS) is 15.2. The van der Waals surface area contributed by atoms with Gasteiger partial charge in [0.1, 0.15) is 24.7 Å². The number of hydrogen-bond donors (Lipinski definition) is 11. The Hall–Kier alpha value is -4.33. The summed E-state index contributed by atoms with van der Waals surface area (Å²) < 4.78 is 17.0. The minimum Gasteiger partial charge on any atom is -0.481 e. The van der Waals surface area contributed by atoms with E-state index in [9.17, 15) is 43.0 Å². The van der Waals surface area contributed by atoms with Crippen LogP contribution in [0.3, 0.4) is 0 Å². The van der Waals surface area contributed by atoms with Crippen LogP contribution in [-0.2, 0) is 42.7 Å². The summed E-state index contributed by atoms with van der Waals surface area (Å²) in [5.74, 6) is -7.67. The molecule has 1 unspecified atom stereocenters. The Morgan fingerprint density at radius 3 is 1.96 bits per heavy atom. The highest BCUT2D eigenvalue weighted by Crippen LogP contribution is 2.38. The fourth-order valence-electron chi connectivity index (χ4n) is 3.87. The van der Waals surface area contributed by atoms with E-state index >= 15 is 0 Å². The van der Waals surface area contributed by atoms with Crippen LogP contribution in [-0.4, -0.2) is 113 Å². The van der Waals surface area contributed by atoms with Crippen LogP contribution in [0.5, 0.6) is 0 Å². The predicted molar refractivity (Wildman–Crippen MR) is 170 cm³/mol. The molecule has 0 aliphatic rings. The molecule has 0 bridgehead atoms. The van der Waals surface area contributed by atoms with E-state index in [1.54, 1.807) is 13.8 Å². The third-order valence-corrected chi connectivity index (χ3v) is 7.78. The quantitative estimate of drug-likeness (QED) is 0.0204. The van der Waals surface area contributed by atoms with Crippen LogP contribution in [0, 0.1) is 5.92 Å². The molecule has 22 heteroatoms. The first-order chi connectivity index (χ1) is 22.3. The number of nitrogens with two attached hydrogens (primary N) is 2. The van der Waals surface area contributed by atoms with E-state index in [1.807, 2.05) is 0 Å².